The number of benzene rings is 1. The van der Waals surface area contributed by atoms with Gasteiger partial charge >= 0.3 is 0 Å². The number of hydrogen-bond acceptors (Lipinski definition) is 8. The number of anilines is 1. The van der Waals surface area contributed by atoms with E-state index in [2.05, 4.69) is 32.7 Å². The van der Waals surface area contributed by atoms with Crippen LogP contribution in [0.3, 0.4) is 0 Å². The Labute approximate surface area is 206 Å². The predicted octanol–water partition coefficient (Wildman–Crippen LogP) is 4.64. The highest BCUT2D eigenvalue weighted by molar-refractivity contribution is 7.97. The number of hydrogen-bond donors (Lipinski definition) is 1. The zero-order chi connectivity index (χ0) is 23.9. The molecule has 2 aliphatic heterocycles. The van der Waals surface area contributed by atoms with Crippen molar-refractivity contribution >= 4 is 39.7 Å². The molecule has 186 valence electrons. The van der Waals surface area contributed by atoms with Crippen molar-refractivity contribution in [2.45, 2.75) is 59.3 Å². The van der Waals surface area contributed by atoms with Crippen molar-refractivity contribution in [3.05, 3.63) is 24.0 Å². The molecule has 2 fully saturated rings. The van der Waals surface area contributed by atoms with Crippen LogP contribution in [0, 0.1) is 0 Å². The van der Waals surface area contributed by atoms with Gasteiger partial charge in [0.25, 0.3) is 0 Å². The van der Waals surface area contributed by atoms with E-state index in [0.29, 0.717) is 25.6 Å². The first-order valence-electron chi connectivity index (χ1n) is 12.4. The molecular weight excluding hydrogens is 450 g/mol. The standard InChI is InChI=1S/C19H24N4O3.C6H13NS/c1-3-23-16(11-24-4-2)22-17-18(23)14-6-5-12(9-15(14)21-19(17)20)26-13-7-8-25-10-13;1-2-4-7-5-3-6-8-7/h5-6,9,13H,3-4,7-8,10-11H2,1-2H3,(H2,20,21);2-6H2,1H3. The maximum atomic E-state index is 6.21. The highest BCUT2D eigenvalue weighted by Gasteiger charge is 2.19. The first kappa shape index (κ1) is 25.0. The number of ether oxygens (including phenoxy) is 3. The molecule has 1 aromatic carbocycles. The van der Waals surface area contributed by atoms with Gasteiger partial charge in [0.2, 0.25) is 0 Å². The molecule has 5 rings (SSSR count). The van der Waals surface area contributed by atoms with Crippen LogP contribution in [0.15, 0.2) is 18.2 Å². The van der Waals surface area contributed by atoms with Crippen LogP contribution in [0.4, 0.5) is 5.82 Å². The summed E-state index contributed by atoms with van der Waals surface area (Å²) < 4.78 is 21.5. The highest BCUT2D eigenvalue weighted by Crippen LogP contribution is 2.31. The molecule has 9 heteroatoms. The number of pyridine rings is 1. The van der Waals surface area contributed by atoms with Gasteiger partial charge in [-0.3, -0.25) is 4.31 Å². The molecule has 0 radical (unpaired) electrons. The van der Waals surface area contributed by atoms with Crippen molar-refractivity contribution in [3.63, 3.8) is 0 Å². The Bertz CT molecular complexity index is 1080. The molecule has 3 aromatic rings. The van der Waals surface area contributed by atoms with Crippen molar-refractivity contribution in [2.24, 2.45) is 0 Å². The van der Waals surface area contributed by atoms with Crippen molar-refractivity contribution < 1.29 is 14.2 Å². The normalized spacial score (nSPS) is 18.5. The minimum atomic E-state index is 0.104. The fraction of sp³-hybridized carbons (Fsp3) is 0.600. The Balaban J connectivity index is 0.000000291. The van der Waals surface area contributed by atoms with Crippen LogP contribution >= 0.6 is 11.9 Å². The molecule has 2 N–H and O–H groups in total. The number of nitrogens with two attached hydrogens (primary N) is 1. The molecule has 0 saturated carbocycles. The Morgan fingerprint density at radius 1 is 1.24 bits per heavy atom. The number of nitrogens with zero attached hydrogens (tertiary/aromatic N) is 4. The smallest absolute Gasteiger partial charge is 0.152 e. The van der Waals surface area contributed by atoms with E-state index in [9.17, 15) is 0 Å². The molecule has 2 aromatic heterocycles. The zero-order valence-corrected chi connectivity index (χ0v) is 21.4. The monoisotopic (exact) mass is 487 g/mol. The van der Waals surface area contributed by atoms with Gasteiger partial charge in [0.05, 0.1) is 24.2 Å². The van der Waals surface area contributed by atoms with Gasteiger partial charge in [0.1, 0.15) is 29.8 Å². The molecule has 0 bridgehead atoms. The zero-order valence-electron chi connectivity index (χ0n) is 20.6. The fourth-order valence-corrected chi connectivity index (χ4v) is 5.46. The van der Waals surface area contributed by atoms with E-state index in [4.69, 9.17) is 19.9 Å². The third kappa shape index (κ3) is 5.76. The Morgan fingerprint density at radius 3 is 2.79 bits per heavy atom. The highest BCUT2D eigenvalue weighted by atomic mass is 32.2. The fourth-order valence-electron chi connectivity index (χ4n) is 4.38. The molecule has 8 nitrogen and oxygen atoms in total. The van der Waals surface area contributed by atoms with Crippen LogP contribution in [0.2, 0.25) is 0 Å². The summed E-state index contributed by atoms with van der Waals surface area (Å²) in [7, 11) is 0. The van der Waals surface area contributed by atoms with Crippen molar-refractivity contribution in [3.8, 4) is 5.75 Å². The molecule has 4 heterocycles. The van der Waals surface area contributed by atoms with Crippen LogP contribution in [0.25, 0.3) is 21.9 Å². The topological polar surface area (TPSA) is 87.7 Å². The summed E-state index contributed by atoms with van der Waals surface area (Å²) in [5, 5.41) is 1.02. The summed E-state index contributed by atoms with van der Waals surface area (Å²) in [6.07, 6.45) is 3.71. The van der Waals surface area contributed by atoms with Crippen LogP contribution in [-0.2, 0) is 22.6 Å². The minimum absolute atomic E-state index is 0.104. The predicted molar refractivity (Wildman–Crippen MR) is 139 cm³/mol. The van der Waals surface area contributed by atoms with E-state index in [1.165, 1.54) is 31.7 Å². The van der Waals surface area contributed by atoms with Crippen molar-refractivity contribution in [1.82, 2.24) is 18.8 Å². The molecule has 1 unspecified atom stereocenters. The number of nitrogen functional groups attached to an aromatic ring is 1. The van der Waals surface area contributed by atoms with Crippen LogP contribution in [0.5, 0.6) is 5.75 Å². The molecule has 0 aliphatic carbocycles. The number of fused-ring (bicyclic) bond motifs is 3. The van der Waals surface area contributed by atoms with E-state index in [-0.39, 0.29) is 6.10 Å². The van der Waals surface area contributed by atoms with Gasteiger partial charge in [-0.1, -0.05) is 18.9 Å². The van der Waals surface area contributed by atoms with E-state index >= 15 is 0 Å². The lowest BCUT2D eigenvalue weighted by molar-refractivity contribution is 0.126. The van der Waals surface area contributed by atoms with Crippen molar-refractivity contribution in [1.29, 1.82) is 0 Å². The first-order valence-corrected chi connectivity index (χ1v) is 13.4. The lowest BCUT2D eigenvalue weighted by Crippen LogP contribution is -2.15. The molecule has 2 saturated heterocycles. The SMILES string of the molecule is CCCN1CCCS1.CCOCc1nc2c(N)nc3cc(OC4CCOC4)ccc3c2n1CC. The molecule has 0 spiro atoms. The van der Waals surface area contributed by atoms with E-state index in [0.717, 1.165) is 53.1 Å². The van der Waals surface area contributed by atoms with Gasteiger partial charge < -0.3 is 24.5 Å². The lowest BCUT2D eigenvalue weighted by Gasteiger charge is -2.13. The third-order valence-electron chi connectivity index (χ3n) is 6.00. The van der Waals surface area contributed by atoms with E-state index < -0.39 is 0 Å². The number of imidazole rings is 1. The molecule has 1 atom stereocenters. The van der Waals surface area contributed by atoms with Gasteiger partial charge in [-0.25, -0.2) is 9.97 Å². The Morgan fingerprint density at radius 2 is 2.12 bits per heavy atom. The van der Waals surface area contributed by atoms with E-state index in [1.54, 1.807) is 0 Å². The molecule has 34 heavy (non-hydrogen) atoms. The largest absolute Gasteiger partial charge is 0.488 e. The number of aromatic nitrogens is 3. The molecule has 2 aliphatic rings. The van der Waals surface area contributed by atoms with Crippen molar-refractivity contribution in [2.75, 3.05) is 44.4 Å². The first-order chi connectivity index (χ1) is 16.6. The summed E-state index contributed by atoms with van der Waals surface area (Å²) in [6.45, 7) is 12.2. The summed E-state index contributed by atoms with van der Waals surface area (Å²) >= 11 is 2.00. The van der Waals surface area contributed by atoms with Gasteiger partial charge in [0.15, 0.2) is 5.82 Å². The van der Waals surface area contributed by atoms with Crippen LogP contribution in [-0.4, -0.2) is 63.6 Å². The minimum Gasteiger partial charge on any atom is -0.488 e. The van der Waals surface area contributed by atoms with Crippen LogP contribution in [0.1, 0.15) is 45.9 Å². The molecular formula is C25H37N5O3S. The summed E-state index contributed by atoms with van der Waals surface area (Å²) in [5.74, 6) is 3.43. The Hall–Kier alpha value is -2.07. The summed E-state index contributed by atoms with van der Waals surface area (Å²) in [4.78, 5) is 9.24. The number of rotatable bonds is 8. The average molecular weight is 488 g/mol. The van der Waals surface area contributed by atoms with Gasteiger partial charge in [-0.05, 0) is 38.8 Å². The summed E-state index contributed by atoms with van der Waals surface area (Å²) in [5.41, 5.74) is 8.75. The maximum absolute atomic E-state index is 6.21. The average Bonchev–Trinajstić information content (AvgIpc) is 3.60. The summed E-state index contributed by atoms with van der Waals surface area (Å²) in [6, 6.07) is 5.96. The third-order valence-corrected chi connectivity index (χ3v) is 7.20. The second-order valence-electron chi connectivity index (χ2n) is 8.50. The quantitative estimate of drug-likeness (QED) is 0.460. The second kappa shape index (κ2) is 12.1. The van der Waals surface area contributed by atoms with E-state index in [1.807, 2.05) is 37.1 Å². The maximum Gasteiger partial charge on any atom is 0.152 e. The van der Waals surface area contributed by atoms with Gasteiger partial charge in [-0.15, -0.1) is 0 Å². The van der Waals surface area contributed by atoms with Crippen LogP contribution < -0.4 is 10.5 Å². The van der Waals surface area contributed by atoms with Gasteiger partial charge in [-0.2, -0.15) is 0 Å². The lowest BCUT2D eigenvalue weighted by atomic mass is 10.1. The Kier molecular flexibility index (Phi) is 8.88. The second-order valence-corrected chi connectivity index (χ2v) is 9.68. The number of aryl methyl sites for hydroxylation is 1. The molecule has 0 amide bonds. The van der Waals surface area contributed by atoms with Gasteiger partial charge in [0, 0.05) is 49.9 Å².